The standard InChI is InChI=1S/C27H25F3N6O5/c1-38-15-18-12-22(36-41-18)24-21-8-9-32-26(20-5-3-2-4-19(20)23(21)34-35-24)39-14-17-7-6-16(13-33-17)25(37)31-10-11-40-27(28,29)30/h2-7,12-13,21H,8-11,14-15H2,1H3,(H,31,37)/b32-26+. The van der Waals surface area contributed by atoms with E-state index in [4.69, 9.17) is 19.0 Å². The number of carbonyl (C=O) groups excluding carboxylic acids is 1. The van der Waals surface area contributed by atoms with E-state index in [1.807, 2.05) is 24.3 Å². The van der Waals surface area contributed by atoms with Gasteiger partial charge in [-0.2, -0.15) is 10.2 Å². The quantitative estimate of drug-likeness (QED) is 0.388. The molecule has 1 aromatic carbocycles. The number of pyridine rings is 1. The van der Waals surface area contributed by atoms with Gasteiger partial charge in [0.2, 0.25) is 5.90 Å². The largest absolute Gasteiger partial charge is 0.522 e. The lowest BCUT2D eigenvalue weighted by Gasteiger charge is -2.20. The van der Waals surface area contributed by atoms with Crippen molar-refractivity contribution in [1.29, 1.82) is 0 Å². The summed E-state index contributed by atoms with van der Waals surface area (Å²) < 4.78 is 56.3. The molecule has 11 nitrogen and oxygen atoms in total. The van der Waals surface area contributed by atoms with Gasteiger partial charge in [0.05, 0.1) is 29.5 Å². The van der Waals surface area contributed by atoms with E-state index in [0.717, 1.165) is 16.8 Å². The first-order valence-corrected chi connectivity index (χ1v) is 12.6. The number of benzene rings is 1. The Labute approximate surface area is 232 Å². The topological polar surface area (TPSA) is 133 Å². The number of nitrogens with zero attached hydrogens (tertiary/aromatic N) is 5. The zero-order valence-electron chi connectivity index (χ0n) is 21.8. The fourth-order valence-electron chi connectivity index (χ4n) is 4.38. The van der Waals surface area contributed by atoms with Crippen molar-refractivity contribution in [3.63, 3.8) is 0 Å². The van der Waals surface area contributed by atoms with Crippen LogP contribution in [0.15, 0.2) is 68.4 Å². The molecule has 0 spiro atoms. The minimum absolute atomic E-state index is 0.0767. The molecular formula is C27H25F3N6O5. The van der Waals surface area contributed by atoms with Gasteiger partial charge in [-0.15, -0.1) is 13.2 Å². The number of fused-ring (bicyclic) bond motifs is 3. The zero-order chi connectivity index (χ0) is 28.8. The number of carbonyl (C=O) groups is 1. The molecule has 5 rings (SSSR count). The van der Waals surface area contributed by atoms with Gasteiger partial charge in [0, 0.05) is 43.6 Å². The van der Waals surface area contributed by atoms with Crippen LogP contribution in [0.1, 0.15) is 45.1 Å². The Kier molecular flexibility index (Phi) is 8.50. The van der Waals surface area contributed by atoms with E-state index in [-0.39, 0.29) is 24.6 Å². The fraction of sp³-hybridized carbons (Fsp3) is 0.333. The van der Waals surface area contributed by atoms with E-state index in [9.17, 15) is 18.0 Å². The lowest BCUT2D eigenvalue weighted by Crippen LogP contribution is -2.29. The highest BCUT2D eigenvalue weighted by Crippen LogP contribution is 2.29. The van der Waals surface area contributed by atoms with Crippen LogP contribution in [-0.2, 0) is 27.4 Å². The van der Waals surface area contributed by atoms with Crippen LogP contribution in [0.3, 0.4) is 0 Å². The molecule has 1 N–H and O–H groups in total. The number of aromatic nitrogens is 2. The minimum atomic E-state index is -4.75. The monoisotopic (exact) mass is 570 g/mol. The number of rotatable bonds is 9. The highest BCUT2D eigenvalue weighted by molar-refractivity contribution is 6.24. The Morgan fingerprint density at radius 1 is 1.10 bits per heavy atom. The average molecular weight is 571 g/mol. The number of nitrogens with one attached hydrogen (secondary N) is 1. The molecule has 0 saturated heterocycles. The Hall–Kier alpha value is -4.43. The maximum atomic E-state index is 12.2. The normalized spacial score (nSPS) is 17.8. The van der Waals surface area contributed by atoms with Crippen LogP contribution in [0.25, 0.3) is 0 Å². The molecule has 2 aliphatic rings. The molecule has 0 aliphatic carbocycles. The Balaban J connectivity index is 1.23. The van der Waals surface area contributed by atoms with E-state index in [1.54, 1.807) is 19.2 Å². The van der Waals surface area contributed by atoms with Crippen molar-refractivity contribution >= 4 is 23.2 Å². The summed E-state index contributed by atoms with van der Waals surface area (Å²) in [5, 5.41) is 15.4. The first-order chi connectivity index (χ1) is 19.8. The molecule has 1 amide bonds. The minimum Gasteiger partial charge on any atom is -0.471 e. The number of hydrogen-bond acceptors (Lipinski definition) is 10. The first kappa shape index (κ1) is 28.1. The number of amides is 1. The Morgan fingerprint density at radius 2 is 1.90 bits per heavy atom. The summed E-state index contributed by atoms with van der Waals surface area (Å²) in [5.41, 5.74) is 4.42. The van der Waals surface area contributed by atoms with Gasteiger partial charge in [-0.1, -0.05) is 23.4 Å². The molecule has 1 unspecified atom stereocenters. The molecule has 3 aromatic rings. The summed E-state index contributed by atoms with van der Waals surface area (Å²) in [7, 11) is 1.58. The molecule has 0 radical (unpaired) electrons. The summed E-state index contributed by atoms with van der Waals surface area (Å²) in [4.78, 5) is 21.1. The fourth-order valence-corrected chi connectivity index (χ4v) is 4.38. The van der Waals surface area contributed by atoms with Crippen LogP contribution < -0.4 is 5.32 Å². The third-order valence-corrected chi connectivity index (χ3v) is 6.24. The van der Waals surface area contributed by atoms with Crippen molar-refractivity contribution in [3.8, 4) is 0 Å². The molecule has 2 aliphatic heterocycles. The number of aliphatic imine (C=N–C) groups is 1. The van der Waals surface area contributed by atoms with Gasteiger partial charge < -0.3 is 19.3 Å². The number of ether oxygens (including phenoxy) is 3. The molecular weight excluding hydrogens is 545 g/mol. The second-order valence-electron chi connectivity index (χ2n) is 9.03. The van der Waals surface area contributed by atoms with Crippen molar-refractivity contribution in [2.24, 2.45) is 21.1 Å². The summed E-state index contributed by atoms with van der Waals surface area (Å²) in [6, 6.07) is 12.5. The van der Waals surface area contributed by atoms with Gasteiger partial charge in [0.15, 0.2) is 5.76 Å². The zero-order valence-corrected chi connectivity index (χ0v) is 21.8. The number of alkyl halides is 3. The molecule has 1 atom stereocenters. The maximum absolute atomic E-state index is 12.2. The SMILES string of the molecule is COCc1cc(C2=NN=C3c4ccccc4/C(OCc4ccc(C(=O)NCCOC(F)(F)F)cn4)=N\CCC23)no1. The van der Waals surface area contributed by atoms with Crippen molar-refractivity contribution in [2.45, 2.75) is 26.0 Å². The van der Waals surface area contributed by atoms with E-state index in [0.29, 0.717) is 48.3 Å². The van der Waals surface area contributed by atoms with Crippen molar-refractivity contribution in [1.82, 2.24) is 15.5 Å². The maximum Gasteiger partial charge on any atom is 0.522 e. The van der Waals surface area contributed by atoms with Gasteiger partial charge in [0.25, 0.3) is 5.91 Å². The molecule has 0 saturated carbocycles. The van der Waals surface area contributed by atoms with Gasteiger partial charge in [0.1, 0.15) is 24.6 Å². The molecule has 214 valence electrons. The number of halogens is 3. The lowest BCUT2D eigenvalue weighted by molar-refractivity contribution is -0.323. The van der Waals surface area contributed by atoms with Gasteiger partial charge in [-0.05, 0) is 24.6 Å². The average Bonchev–Trinajstić information content (AvgIpc) is 3.58. The molecule has 0 fully saturated rings. The van der Waals surface area contributed by atoms with Gasteiger partial charge in [-0.25, -0.2) is 0 Å². The van der Waals surface area contributed by atoms with Crippen molar-refractivity contribution < 1.29 is 36.7 Å². The van der Waals surface area contributed by atoms with Crippen LogP contribution in [0, 0.1) is 5.92 Å². The second kappa shape index (κ2) is 12.4. The lowest BCUT2D eigenvalue weighted by atomic mass is 9.86. The molecule has 4 heterocycles. The molecule has 14 heteroatoms. The van der Waals surface area contributed by atoms with Crippen LogP contribution in [-0.4, -0.2) is 66.5 Å². The van der Waals surface area contributed by atoms with Crippen LogP contribution in [0.4, 0.5) is 13.2 Å². The summed E-state index contributed by atoms with van der Waals surface area (Å²) in [5.74, 6) is 0.328. The Bertz CT molecular complexity index is 1480. The van der Waals surface area contributed by atoms with E-state index in [2.05, 4.69) is 30.4 Å². The van der Waals surface area contributed by atoms with E-state index in [1.165, 1.54) is 12.3 Å². The third kappa shape index (κ3) is 6.84. The smallest absolute Gasteiger partial charge is 0.471 e. The summed E-state index contributed by atoms with van der Waals surface area (Å²) in [6.45, 7) is -0.159. The third-order valence-electron chi connectivity index (χ3n) is 6.24. The summed E-state index contributed by atoms with van der Waals surface area (Å²) >= 11 is 0. The first-order valence-electron chi connectivity index (χ1n) is 12.6. The van der Waals surface area contributed by atoms with Crippen molar-refractivity contribution in [3.05, 3.63) is 82.5 Å². The van der Waals surface area contributed by atoms with Crippen LogP contribution in [0.2, 0.25) is 0 Å². The van der Waals surface area contributed by atoms with Crippen LogP contribution in [0.5, 0.6) is 0 Å². The number of hydrogen-bond donors (Lipinski definition) is 1. The predicted molar refractivity (Wildman–Crippen MR) is 140 cm³/mol. The molecule has 0 bridgehead atoms. The summed E-state index contributed by atoms with van der Waals surface area (Å²) in [6.07, 6.45) is -2.79. The second-order valence-corrected chi connectivity index (χ2v) is 9.03. The van der Waals surface area contributed by atoms with E-state index >= 15 is 0 Å². The molecule has 2 aromatic heterocycles. The van der Waals surface area contributed by atoms with Crippen LogP contribution >= 0.6 is 0 Å². The van der Waals surface area contributed by atoms with E-state index < -0.39 is 18.9 Å². The molecule has 41 heavy (non-hydrogen) atoms. The van der Waals surface area contributed by atoms with Gasteiger partial charge >= 0.3 is 6.36 Å². The highest BCUT2D eigenvalue weighted by atomic mass is 19.4. The number of methoxy groups -OCH3 is 1. The Morgan fingerprint density at radius 3 is 2.66 bits per heavy atom. The van der Waals surface area contributed by atoms with Gasteiger partial charge in [-0.3, -0.25) is 19.5 Å². The predicted octanol–water partition coefficient (Wildman–Crippen LogP) is 3.67. The highest BCUT2D eigenvalue weighted by Gasteiger charge is 2.34. The van der Waals surface area contributed by atoms with Crippen molar-refractivity contribution in [2.75, 3.05) is 26.8 Å².